The molecule has 2 aromatic rings. The van der Waals surface area contributed by atoms with E-state index in [1.807, 2.05) is 0 Å². The molecule has 2 heterocycles. The van der Waals surface area contributed by atoms with Gasteiger partial charge in [0.15, 0.2) is 0 Å². The number of hydrazone groups is 1. The van der Waals surface area contributed by atoms with Crippen molar-refractivity contribution in [2.75, 3.05) is 0 Å². The molecule has 1 aliphatic heterocycles. The summed E-state index contributed by atoms with van der Waals surface area (Å²) in [5.74, 6) is -0.670. The molecule has 0 unspecified atom stereocenters. The van der Waals surface area contributed by atoms with Crippen LogP contribution in [0.5, 0.6) is 5.88 Å². The molecule has 1 aromatic heterocycles. The van der Waals surface area contributed by atoms with Gasteiger partial charge in [0.1, 0.15) is 5.56 Å². The van der Waals surface area contributed by atoms with Crippen molar-refractivity contribution < 1.29 is 9.90 Å². The third-order valence-corrected chi connectivity index (χ3v) is 6.09. The van der Waals surface area contributed by atoms with Crippen LogP contribution in [0, 0.1) is 0 Å². The number of hydrogen-bond acceptors (Lipinski definition) is 5. The number of benzene rings is 1. The number of aromatic hydroxyl groups is 1. The van der Waals surface area contributed by atoms with E-state index in [1.54, 1.807) is 24.3 Å². The highest BCUT2D eigenvalue weighted by Crippen LogP contribution is 2.35. The van der Waals surface area contributed by atoms with Gasteiger partial charge in [-0.25, -0.2) is 9.80 Å². The minimum absolute atomic E-state index is 0.0529. The predicted octanol–water partition coefficient (Wildman–Crippen LogP) is 3.10. The standard InChI is InChI=1S/C21H23ClN4O4/c1-12(27)26-17(13-7-9-14(22)10-8-13)11-16(24-26)18-19(28)23-21(30)25(20(18)29)15-5-3-2-4-6-15/h7-10,15,17,29H,2-6,11H2,1H3,(H,23,28,30)/t17-/m1/s1. The number of halogens is 1. The van der Waals surface area contributed by atoms with Crippen LogP contribution in [-0.2, 0) is 4.79 Å². The van der Waals surface area contributed by atoms with E-state index in [1.165, 1.54) is 16.5 Å². The quantitative estimate of drug-likeness (QED) is 0.779. The molecule has 0 spiro atoms. The first-order valence-electron chi connectivity index (χ1n) is 10.1. The van der Waals surface area contributed by atoms with Gasteiger partial charge in [-0.05, 0) is 30.5 Å². The van der Waals surface area contributed by atoms with Gasteiger partial charge in [0, 0.05) is 24.4 Å². The van der Waals surface area contributed by atoms with Crippen LogP contribution in [0.25, 0.3) is 0 Å². The van der Waals surface area contributed by atoms with E-state index >= 15 is 0 Å². The van der Waals surface area contributed by atoms with Crippen molar-refractivity contribution >= 4 is 23.2 Å². The highest BCUT2D eigenvalue weighted by atomic mass is 35.5. The molecule has 1 aromatic carbocycles. The second-order valence-corrected chi connectivity index (χ2v) is 8.24. The van der Waals surface area contributed by atoms with Crippen LogP contribution < -0.4 is 11.2 Å². The third-order valence-electron chi connectivity index (χ3n) is 5.83. The zero-order chi connectivity index (χ0) is 21.4. The molecule has 0 bridgehead atoms. The topological polar surface area (TPSA) is 108 Å². The summed E-state index contributed by atoms with van der Waals surface area (Å²) >= 11 is 5.97. The van der Waals surface area contributed by atoms with E-state index in [2.05, 4.69) is 10.1 Å². The number of aromatic amines is 1. The smallest absolute Gasteiger partial charge is 0.331 e. The lowest BCUT2D eigenvalue weighted by atomic mass is 9.95. The molecule has 2 aliphatic rings. The fourth-order valence-electron chi connectivity index (χ4n) is 4.37. The van der Waals surface area contributed by atoms with Gasteiger partial charge in [-0.1, -0.05) is 43.0 Å². The van der Waals surface area contributed by atoms with E-state index in [0.717, 1.165) is 37.7 Å². The summed E-state index contributed by atoms with van der Waals surface area (Å²) in [4.78, 5) is 39.6. The molecular formula is C21H23ClN4O4. The molecule has 1 fully saturated rings. The summed E-state index contributed by atoms with van der Waals surface area (Å²) in [5.41, 5.74) is -0.297. The molecule has 0 radical (unpaired) electrons. The molecule has 1 saturated carbocycles. The van der Waals surface area contributed by atoms with Crippen molar-refractivity contribution in [1.29, 1.82) is 0 Å². The number of amides is 1. The lowest BCUT2D eigenvalue weighted by Crippen LogP contribution is -2.36. The second kappa shape index (κ2) is 8.10. The Morgan fingerprint density at radius 2 is 1.83 bits per heavy atom. The largest absolute Gasteiger partial charge is 0.494 e. The first-order valence-corrected chi connectivity index (χ1v) is 10.5. The third kappa shape index (κ3) is 3.67. The van der Waals surface area contributed by atoms with Crippen LogP contribution in [0.3, 0.4) is 0 Å². The maximum atomic E-state index is 12.6. The number of nitrogens with one attached hydrogen (secondary N) is 1. The van der Waals surface area contributed by atoms with Gasteiger partial charge in [-0.2, -0.15) is 5.10 Å². The van der Waals surface area contributed by atoms with Crippen LogP contribution in [0.2, 0.25) is 5.02 Å². The van der Waals surface area contributed by atoms with Crippen molar-refractivity contribution in [2.45, 2.75) is 57.5 Å². The predicted molar refractivity (Wildman–Crippen MR) is 113 cm³/mol. The summed E-state index contributed by atoms with van der Waals surface area (Å²) in [5, 5.41) is 17.1. The molecule has 8 nitrogen and oxygen atoms in total. The Morgan fingerprint density at radius 1 is 1.17 bits per heavy atom. The van der Waals surface area contributed by atoms with Gasteiger partial charge < -0.3 is 5.11 Å². The lowest BCUT2D eigenvalue weighted by molar-refractivity contribution is -0.130. The zero-order valence-electron chi connectivity index (χ0n) is 16.6. The molecule has 158 valence electrons. The number of hydrogen-bond donors (Lipinski definition) is 2. The SMILES string of the molecule is CC(=O)N1N=C(c2c(O)n(C3CCCCC3)c(=O)[nH]c2=O)C[C@@H]1c1ccc(Cl)cc1. The van der Waals surface area contributed by atoms with Crippen LogP contribution >= 0.6 is 11.6 Å². The number of aromatic nitrogens is 2. The van der Waals surface area contributed by atoms with Crippen LogP contribution in [0.1, 0.15) is 68.7 Å². The van der Waals surface area contributed by atoms with Gasteiger partial charge in [-0.3, -0.25) is 19.1 Å². The molecule has 1 atom stereocenters. The Labute approximate surface area is 177 Å². The van der Waals surface area contributed by atoms with Gasteiger partial charge >= 0.3 is 5.69 Å². The van der Waals surface area contributed by atoms with E-state index in [0.29, 0.717) is 5.02 Å². The fraction of sp³-hybridized carbons (Fsp3) is 0.429. The molecule has 0 saturated heterocycles. The minimum Gasteiger partial charge on any atom is -0.494 e. The number of carbonyl (C=O) groups is 1. The lowest BCUT2D eigenvalue weighted by Gasteiger charge is -2.25. The fourth-order valence-corrected chi connectivity index (χ4v) is 4.50. The summed E-state index contributed by atoms with van der Waals surface area (Å²) < 4.78 is 1.27. The summed E-state index contributed by atoms with van der Waals surface area (Å²) in [6.45, 7) is 1.39. The van der Waals surface area contributed by atoms with Gasteiger partial charge in [0.05, 0.1) is 11.8 Å². The molecule has 4 rings (SSSR count). The van der Waals surface area contributed by atoms with Gasteiger partial charge in [-0.15, -0.1) is 0 Å². The number of nitrogens with zero attached hydrogens (tertiary/aromatic N) is 3. The molecule has 1 amide bonds. The van der Waals surface area contributed by atoms with Crippen LogP contribution in [-0.4, -0.2) is 31.3 Å². The molecule has 30 heavy (non-hydrogen) atoms. The van der Waals surface area contributed by atoms with E-state index in [9.17, 15) is 19.5 Å². The molecule has 1 aliphatic carbocycles. The Bertz CT molecular complexity index is 1110. The van der Waals surface area contributed by atoms with Crippen molar-refractivity contribution in [3.8, 4) is 5.88 Å². The van der Waals surface area contributed by atoms with Gasteiger partial charge in [0.2, 0.25) is 11.8 Å². The van der Waals surface area contributed by atoms with Crippen LogP contribution in [0.4, 0.5) is 0 Å². The summed E-state index contributed by atoms with van der Waals surface area (Å²) in [6, 6.07) is 6.45. The normalized spacial score (nSPS) is 19.7. The van der Waals surface area contributed by atoms with E-state index < -0.39 is 17.3 Å². The summed E-state index contributed by atoms with van der Waals surface area (Å²) in [6.07, 6.45) is 4.77. The maximum Gasteiger partial charge on any atom is 0.331 e. The zero-order valence-corrected chi connectivity index (χ0v) is 17.4. The number of rotatable bonds is 3. The Hall–Kier alpha value is -2.87. The molecule has 9 heteroatoms. The average molecular weight is 431 g/mol. The van der Waals surface area contributed by atoms with Crippen molar-refractivity contribution in [2.24, 2.45) is 5.10 Å². The summed E-state index contributed by atoms with van der Waals surface area (Å²) in [7, 11) is 0. The van der Waals surface area contributed by atoms with E-state index in [-0.39, 0.29) is 35.5 Å². The van der Waals surface area contributed by atoms with Crippen molar-refractivity contribution in [1.82, 2.24) is 14.6 Å². The molecule has 2 N–H and O–H groups in total. The highest BCUT2D eigenvalue weighted by molar-refractivity contribution is 6.30. The minimum atomic E-state index is -0.705. The first-order chi connectivity index (χ1) is 14.4. The second-order valence-electron chi connectivity index (χ2n) is 7.80. The van der Waals surface area contributed by atoms with Gasteiger partial charge in [0.25, 0.3) is 5.56 Å². The number of carbonyl (C=O) groups excluding carboxylic acids is 1. The Balaban J connectivity index is 1.77. The number of H-pyrrole nitrogens is 1. The Morgan fingerprint density at radius 3 is 2.47 bits per heavy atom. The Kier molecular flexibility index (Phi) is 5.51. The highest BCUT2D eigenvalue weighted by Gasteiger charge is 2.35. The maximum absolute atomic E-state index is 12.6. The van der Waals surface area contributed by atoms with E-state index in [4.69, 9.17) is 11.6 Å². The monoisotopic (exact) mass is 430 g/mol. The first kappa shape index (κ1) is 20.4. The van der Waals surface area contributed by atoms with Crippen molar-refractivity contribution in [3.05, 3.63) is 61.3 Å². The van der Waals surface area contributed by atoms with Crippen molar-refractivity contribution in [3.63, 3.8) is 0 Å². The molecular weight excluding hydrogens is 408 g/mol. The van der Waals surface area contributed by atoms with Crippen LogP contribution in [0.15, 0.2) is 39.0 Å². The average Bonchev–Trinajstić information content (AvgIpc) is 3.14.